The van der Waals surface area contributed by atoms with Gasteiger partial charge in [0, 0.05) is 11.4 Å². The minimum Gasteiger partial charge on any atom is -0.345 e. The normalized spacial score (nSPS) is 17.4. The van der Waals surface area contributed by atoms with Crippen molar-refractivity contribution < 1.29 is 9.18 Å². The molecule has 3 rings (SSSR count). The largest absolute Gasteiger partial charge is 0.345 e. The van der Waals surface area contributed by atoms with Gasteiger partial charge in [-0.2, -0.15) is 0 Å². The monoisotopic (exact) mass is 396 g/mol. The predicted molar refractivity (Wildman–Crippen MR) is 105 cm³/mol. The van der Waals surface area contributed by atoms with Gasteiger partial charge in [0.15, 0.2) is 0 Å². The van der Waals surface area contributed by atoms with Crippen LogP contribution in [-0.4, -0.2) is 19.0 Å². The number of rotatable bonds is 6. The van der Waals surface area contributed by atoms with Crippen molar-refractivity contribution in [2.45, 2.75) is 25.3 Å². The number of benzene rings is 2. The summed E-state index contributed by atoms with van der Waals surface area (Å²) in [6, 6.07) is 13.2. The van der Waals surface area contributed by atoms with Crippen LogP contribution in [0.1, 0.15) is 36.4 Å². The number of hydrogen-bond acceptors (Lipinski definition) is 2. The molecular weight excluding hydrogens is 374 g/mol. The summed E-state index contributed by atoms with van der Waals surface area (Å²) in [6.07, 6.45) is 2.48. The number of nitrogens with one attached hydrogen (secondary N) is 2. The van der Waals surface area contributed by atoms with Crippen molar-refractivity contribution in [3.8, 4) is 0 Å². The Morgan fingerprint density at radius 3 is 2.62 bits per heavy atom. The topological polar surface area (TPSA) is 41.1 Å². The number of carbonyl (C=O) groups is 1. The molecule has 0 spiro atoms. The van der Waals surface area contributed by atoms with E-state index in [9.17, 15) is 9.18 Å². The van der Waals surface area contributed by atoms with Crippen LogP contribution in [0.4, 0.5) is 4.39 Å². The minimum atomic E-state index is -0.386. The zero-order valence-electron chi connectivity index (χ0n) is 14.4. The maximum Gasteiger partial charge on any atom is 0.220 e. The number of halogens is 3. The summed E-state index contributed by atoms with van der Waals surface area (Å²) in [5.41, 5.74) is 1.62. The molecule has 2 unspecified atom stereocenters. The van der Waals surface area contributed by atoms with E-state index in [1.807, 2.05) is 18.2 Å². The molecule has 2 aromatic rings. The lowest BCUT2D eigenvalue weighted by molar-refractivity contribution is -0.121. The van der Waals surface area contributed by atoms with Gasteiger partial charge in [0.05, 0.1) is 6.04 Å². The first-order valence-corrected chi connectivity index (χ1v) is 9.01. The third kappa shape index (κ3) is 5.44. The van der Waals surface area contributed by atoms with Crippen LogP contribution in [0.15, 0.2) is 48.5 Å². The second-order valence-corrected chi connectivity index (χ2v) is 6.88. The average molecular weight is 397 g/mol. The van der Waals surface area contributed by atoms with Crippen LogP contribution in [0, 0.1) is 11.7 Å². The van der Waals surface area contributed by atoms with Crippen molar-refractivity contribution >= 4 is 29.9 Å². The molecule has 1 heterocycles. The van der Waals surface area contributed by atoms with Gasteiger partial charge in [0.25, 0.3) is 0 Å². The molecule has 1 fully saturated rings. The summed E-state index contributed by atoms with van der Waals surface area (Å²) < 4.78 is 13.3. The molecule has 6 heteroatoms. The van der Waals surface area contributed by atoms with Crippen LogP contribution >= 0.6 is 24.0 Å². The van der Waals surface area contributed by atoms with Crippen LogP contribution in [0.2, 0.25) is 5.02 Å². The van der Waals surface area contributed by atoms with Gasteiger partial charge in [-0.15, -0.1) is 12.4 Å². The SMILES string of the molecule is Cl.O=C(CCC1CCNC1)NC(c1ccc(F)cc1)c1ccccc1Cl. The second kappa shape index (κ2) is 9.91. The first kappa shape index (κ1) is 20.7. The molecule has 0 aromatic heterocycles. The van der Waals surface area contributed by atoms with Gasteiger partial charge in [-0.1, -0.05) is 41.9 Å². The lowest BCUT2D eigenvalue weighted by atomic mass is 9.97. The summed E-state index contributed by atoms with van der Waals surface area (Å²) in [4.78, 5) is 12.5. The van der Waals surface area contributed by atoms with Crippen molar-refractivity contribution in [1.29, 1.82) is 0 Å². The van der Waals surface area contributed by atoms with Crippen LogP contribution in [0.25, 0.3) is 0 Å². The molecule has 3 nitrogen and oxygen atoms in total. The quantitative estimate of drug-likeness (QED) is 0.754. The summed E-state index contributed by atoms with van der Waals surface area (Å²) >= 11 is 6.33. The lowest BCUT2D eigenvalue weighted by Gasteiger charge is -2.21. The molecule has 1 saturated heterocycles. The van der Waals surface area contributed by atoms with E-state index in [1.165, 1.54) is 12.1 Å². The number of hydrogen-bond donors (Lipinski definition) is 2. The Bertz CT molecular complexity index is 718. The summed E-state index contributed by atoms with van der Waals surface area (Å²) in [5.74, 6) is 0.248. The minimum absolute atomic E-state index is 0. The first-order chi connectivity index (χ1) is 12.1. The van der Waals surface area contributed by atoms with Gasteiger partial charge in [0.1, 0.15) is 5.82 Å². The van der Waals surface area contributed by atoms with E-state index in [1.54, 1.807) is 18.2 Å². The Labute approximate surface area is 164 Å². The molecule has 0 aliphatic carbocycles. The maximum atomic E-state index is 13.3. The highest BCUT2D eigenvalue weighted by Gasteiger charge is 2.21. The smallest absolute Gasteiger partial charge is 0.220 e. The third-order valence-electron chi connectivity index (χ3n) is 4.67. The fourth-order valence-corrected chi connectivity index (χ4v) is 3.48. The summed E-state index contributed by atoms with van der Waals surface area (Å²) in [7, 11) is 0. The molecule has 0 bridgehead atoms. The highest BCUT2D eigenvalue weighted by Crippen LogP contribution is 2.28. The lowest BCUT2D eigenvalue weighted by Crippen LogP contribution is -2.29. The standard InChI is InChI=1S/C20H22ClFN2O.ClH/c21-18-4-2-1-3-17(18)20(15-6-8-16(22)9-7-15)24-19(25)10-5-14-11-12-23-13-14;/h1-4,6-9,14,20,23H,5,10-13H2,(H,24,25);1H. The predicted octanol–water partition coefficient (Wildman–Crippen LogP) is 4.50. The summed E-state index contributed by atoms with van der Waals surface area (Å²) in [5, 5.41) is 6.96. The Morgan fingerprint density at radius 2 is 1.96 bits per heavy atom. The summed E-state index contributed by atoms with van der Waals surface area (Å²) in [6.45, 7) is 2.02. The molecule has 2 aromatic carbocycles. The zero-order valence-corrected chi connectivity index (χ0v) is 16.0. The van der Waals surface area contributed by atoms with E-state index in [0.29, 0.717) is 17.4 Å². The van der Waals surface area contributed by atoms with Crippen molar-refractivity contribution in [3.05, 3.63) is 70.5 Å². The van der Waals surface area contributed by atoms with Gasteiger partial charge in [-0.25, -0.2) is 4.39 Å². The van der Waals surface area contributed by atoms with E-state index in [2.05, 4.69) is 10.6 Å². The molecule has 2 N–H and O–H groups in total. The Hall–Kier alpha value is -1.62. The van der Waals surface area contributed by atoms with Gasteiger partial charge >= 0.3 is 0 Å². The maximum absolute atomic E-state index is 13.3. The van der Waals surface area contributed by atoms with Crippen LogP contribution in [-0.2, 0) is 4.79 Å². The molecule has 1 aliphatic heterocycles. The third-order valence-corrected chi connectivity index (χ3v) is 5.01. The van der Waals surface area contributed by atoms with Gasteiger partial charge in [0.2, 0.25) is 5.91 Å². The molecule has 2 atom stereocenters. The van der Waals surface area contributed by atoms with E-state index < -0.39 is 0 Å². The first-order valence-electron chi connectivity index (χ1n) is 8.63. The molecule has 0 saturated carbocycles. The van der Waals surface area contributed by atoms with Gasteiger partial charge in [-0.3, -0.25) is 4.79 Å². The fraction of sp³-hybridized carbons (Fsp3) is 0.350. The van der Waals surface area contributed by atoms with Crippen LogP contribution in [0.3, 0.4) is 0 Å². The molecular formula is C20H23Cl2FN2O. The Balaban J connectivity index is 0.00000243. The zero-order chi connectivity index (χ0) is 17.6. The fourth-order valence-electron chi connectivity index (χ4n) is 3.23. The van der Waals surface area contributed by atoms with E-state index in [-0.39, 0.29) is 30.2 Å². The van der Waals surface area contributed by atoms with E-state index >= 15 is 0 Å². The highest BCUT2D eigenvalue weighted by atomic mass is 35.5. The molecule has 1 aliphatic rings. The molecule has 0 radical (unpaired) electrons. The van der Waals surface area contributed by atoms with Crippen molar-refractivity contribution in [1.82, 2.24) is 10.6 Å². The van der Waals surface area contributed by atoms with E-state index in [0.717, 1.165) is 37.1 Å². The van der Waals surface area contributed by atoms with Gasteiger partial charge in [-0.05, 0) is 61.2 Å². The molecule has 26 heavy (non-hydrogen) atoms. The number of amides is 1. The Kier molecular flexibility index (Phi) is 7.88. The van der Waals surface area contributed by atoms with E-state index in [4.69, 9.17) is 11.6 Å². The van der Waals surface area contributed by atoms with Crippen molar-refractivity contribution in [2.24, 2.45) is 5.92 Å². The van der Waals surface area contributed by atoms with Gasteiger partial charge < -0.3 is 10.6 Å². The highest BCUT2D eigenvalue weighted by molar-refractivity contribution is 6.31. The van der Waals surface area contributed by atoms with Crippen molar-refractivity contribution in [2.75, 3.05) is 13.1 Å². The Morgan fingerprint density at radius 1 is 1.23 bits per heavy atom. The molecule has 140 valence electrons. The second-order valence-electron chi connectivity index (χ2n) is 6.47. The molecule has 1 amide bonds. The van der Waals surface area contributed by atoms with Crippen LogP contribution in [0.5, 0.6) is 0 Å². The van der Waals surface area contributed by atoms with Crippen LogP contribution < -0.4 is 10.6 Å². The average Bonchev–Trinajstić information content (AvgIpc) is 3.13. The number of carbonyl (C=O) groups excluding carboxylic acids is 1. The van der Waals surface area contributed by atoms with Crippen molar-refractivity contribution in [3.63, 3.8) is 0 Å².